The minimum Gasteiger partial charge on any atom is -1.00 e. The summed E-state index contributed by atoms with van der Waals surface area (Å²) in [7, 11) is 0. The van der Waals surface area contributed by atoms with E-state index >= 15 is 0 Å². The number of halogens is 2. The average Bonchev–Trinajstić information content (AvgIpc) is 2.93. The molecule has 0 saturated carbocycles. The topological polar surface area (TPSA) is 0 Å². The van der Waals surface area contributed by atoms with E-state index in [1.54, 1.807) is 0 Å². The Morgan fingerprint density at radius 1 is 0.579 bits per heavy atom. The zero-order chi connectivity index (χ0) is 12.0. The van der Waals surface area contributed by atoms with Gasteiger partial charge in [0, 0.05) is 0 Å². The van der Waals surface area contributed by atoms with E-state index < -0.39 is 0 Å². The molecule has 0 fully saturated rings. The van der Waals surface area contributed by atoms with Gasteiger partial charge >= 0.3 is 17.4 Å². The van der Waals surface area contributed by atoms with E-state index in [1.165, 1.54) is 11.1 Å². The summed E-state index contributed by atoms with van der Waals surface area (Å²) < 4.78 is 0. The van der Waals surface area contributed by atoms with Crippen LogP contribution in [0.1, 0.15) is 50.7 Å². The second kappa shape index (κ2) is 12.1. The number of hydrogen-bond donors (Lipinski definition) is 0. The summed E-state index contributed by atoms with van der Waals surface area (Å²) in [6, 6.07) is 16.9. The maximum absolute atomic E-state index is 2.20. The summed E-state index contributed by atoms with van der Waals surface area (Å²) >= 11 is 0. The molecule has 0 aliphatic heterocycles. The smallest absolute Gasteiger partial charge is 1.00 e. The molecule has 0 bridgehead atoms. The molecule has 0 aliphatic rings. The fraction of sp³-hybridized carbons (Fsp3) is 0.375. The van der Waals surface area contributed by atoms with Crippen LogP contribution in [0, 0.1) is 0 Å². The third kappa shape index (κ3) is 8.75. The van der Waals surface area contributed by atoms with Crippen molar-refractivity contribution >= 4 is 0 Å². The van der Waals surface area contributed by atoms with Gasteiger partial charge in [-0.25, -0.2) is 24.3 Å². The molecule has 2 rings (SSSR count). The third-order valence-corrected chi connectivity index (χ3v) is 2.71. The molecule has 19 heavy (non-hydrogen) atoms. The van der Waals surface area contributed by atoms with E-state index in [9.17, 15) is 0 Å². The van der Waals surface area contributed by atoms with Crippen molar-refractivity contribution in [3.05, 3.63) is 59.7 Å². The number of rotatable bonds is 2. The van der Waals surface area contributed by atoms with Crippen molar-refractivity contribution in [1.29, 1.82) is 0 Å². The van der Waals surface area contributed by atoms with Crippen molar-refractivity contribution in [2.24, 2.45) is 0 Å². The standard InChI is InChI=1S/2C8H11.Cr.2FH/c2*1-7(2)8-5-3-4-6-8;;;/h2*3-7H,1-2H3;;2*1H/q2*-1;+4;;/p-2. The van der Waals surface area contributed by atoms with Crippen LogP contribution in [-0.4, -0.2) is 0 Å². The Labute approximate surface area is 126 Å². The molecule has 106 valence electrons. The van der Waals surface area contributed by atoms with Gasteiger partial charge in [0.2, 0.25) is 0 Å². The minimum absolute atomic E-state index is 0. The molecule has 0 amide bonds. The van der Waals surface area contributed by atoms with E-state index in [0.29, 0.717) is 11.8 Å². The average molecular weight is 304 g/mol. The molecule has 0 atom stereocenters. The Bertz CT molecular complexity index is 323. The van der Waals surface area contributed by atoms with Crippen LogP contribution >= 0.6 is 0 Å². The normalized spacial score (nSPS) is 8.74. The first kappa shape index (κ1) is 23.2. The van der Waals surface area contributed by atoms with Gasteiger partial charge in [-0.15, -0.1) is 0 Å². The van der Waals surface area contributed by atoms with Crippen LogP contribution in [0.3, 0.4) is 0 Å². The zero-order valence-electron chi connectivity index (χ0n) is 11.9. The molecule has 0 aromatic heterocycles. The minimum atomic E-state index is 0. The van der Waals surface area contributed by atoms with Crippen LogP contribution in [0.2, 0.25) is 0 Å². The Morgan fingerprint density at radius 2 is 0.789 bits per heavy atom. The largest absolute Gasteiger partial charge is 4.00 e. The van der Waals surface area contributed by atoms with Crippen LogP contribution in [-0.2, 0) is 17.4 Å². The second-order valence-corrected chi connectivity index (χ2v) is 4.75. The first-order chi connectivity index (χ1) is 7.61. The molecule has 0 saturated heterocycles. The summed E-state index contributed by atoms with van der Waals surface area (Å²) in [5.41, 5.74) is 2.87. The van der Waals surface area contributed by atoms with Gasteiger partial charge in [0.25, 0.3) is 0 Å². The Kier molecular flexibility index (Phi) is 14.8. The van der Waals surface area contributed by atoms with Gasteiger partial charge in [-0.1, -0.05) is 39.5 Å². The van der Waals surface area contributed by atoms with E-state index in [0.717, 1.165) is 0 Å². The molecule has 2 aromatic rings. The monoisotopic (exact) mass is 304 g/mol. The van der Waals surface area contributed by atoms with Crippen LogP contribution in [0.15, 0.2) is 48.5 Å². The first-order valence-electron chi connectivity index (χ1n) is 6.04. The van der Waals surface area contributed by atoms with Crippen molar-refractivity contribution in [2.75, 3.05) is 0 Å². The Hall–Kier alpha value is -0.908. The molecule has 0 radical (unpaired) electrons. The molecule has 0 nitrogen and oxygen atoms in total. The first-order valence-corrected chi connectivity index (χ1v) is 6.04. The van der Waals surface area contributed by atoms with Crippen molar-refractivity contribution in [1.82, 2.24) is 0 Å². The van der Waals surface area contributed by atoms with Crippen molar-refractivity contribution in [3.8, 4) is 0 Å². The molecule has 2 aromatic carbocycles. The fourth-order valence-corrected chi connectivity index (χ4v) is 1.55. The van der Waals surface area contributed by atoms with Gasteiger partial charge < -0.3 is 9.41 Å². The van der Waals surface area contributed by atoms with Crippen molar-refractivity contribution in [2.45, 2.75) is 39.5 Å². The van der Waals surface area contributed by atoms with Gasteiger partial charge in [-0.3, -0.25) is 0 Å². The third-order valence-electron chi connectivity index (χ3n) is 2.71. The van der Waals surface area contributed by atoms with Crippen LogP contribution in [0.25, 0.3) is 0 Å². The van der Waals surface area contributed by atoms with Crippen LogP contribution in [0.5, 0.6) is 0 Å². The van der Waals surface area contributed by atoms with Gasteiger partial charge in [0.05, 0.1) is 0 Å². The molecule has 0 heterocycles. The maximum Gasteiger partial charge on any atom is 4.00 e. The summed E-state index contributed by atoms with van der Waals surface area (Å²) in [5, 5.41) is 0. The van der Waals surface area contributed by atoms with E-state index in [1.807, 2.05) is 0 Å². The molecule has 3 heteroatoms. The summed E-state index contributed by atoms with van der Waals surface area (Å²) in [6.45, 7) is 8.81. The second-order valence-electron chi connectivity index (χ2n) is 4.75. The summed E-state index contributed by atoms with van der Waals surface area (Å²) in [4.78, 5) is 0. The van der Waals surface area contributed by atoms with Gasteiger partial charge in [-0.05, 0) is 0 Å². The van der Waals surface area contributed by atoms with Crippen LogP contribution < -0.4 is 9.41 Å². The SMILES string of the molecule is CC(C)[c-]1cccc1.CC(C)[c-]1cccc1.[Cr+4].[F-].[F-]. The van der Waals surface area contributed by atoms with E-state index in [-0.39, 0.29) is 26.8 Å². The maximum atomic E-state index is 2.20. The predicted molar refractivity (Wildman–Crippen MR) is 72.2 cm³/mol. The van der Waals surface area contributed by atoms with Gasteiger partial charge in [0.15, 0.2) is 0 Å². The predicted octanol–water partition coefficient (Wildman–Crippen LogP) is -0.937. The van der Waals surface area contributed by atoms with Crippen LogP contribution in [0.4, 0.5) is 0 Å². The zero-order valence-corrected chi connectivity index (χ0v) is 13.2. The number of hydrogen-bond acceptors (Lipinski definition) is 0. The molecule has 0 unspecified atom stereocenters. The fourth-order valence-electron chi connectivity index (χ4n) is 1.55. The molecule has 0 aliphatic carbocycles. The van der Waals surface area contributed by atoms with E-state index in [2.05, 4.69) is 76.2 Å². The van der Waals surface area contributed by atoms with Crippen molar-refractivity contribution < 1.29 is 26.8 Å². The Morgan fingerprint density at radius 3 is 0.895 bits per heavy atom. The van der Waals surface area contributed by atoms with Crippen molar-refractivity contribution in [3.63, 3.8) is 0 Å². The Balaban J connectivity index is -0.000000233. The molecule has 0 spiro atoms. The summed E-state index contributed by atoms with van der Waals surface area (Å²) in [6.07, 6.45) is 0. The quantitative estimate of drug-likeness (QED) is 0.629. The molecule has 0 N–H and O–H groups in total. The van der Waals surface area contributed by atoms with E-state index in [4.69, 9.17) is 0 Å². The summed E-state index contributed by atoms with van der Waals surface area (Å²) in [5.74, 6) is 1.37. The molecular formula is C16H22CrF2. The molecular weight excluding hydrogens is 282 g/mol. The van der Waals surface area contributed by atoms with Gasteiger partial charge in [-0.2, -0.15) is 35.4 Å². The van der Waals surface area contributed by atoms with Gasteiger partial charge in [0.1, 0.15) is 0 Å².